The van der Waals surface area contributed by atoms with Gasteiger partial charge in [-0.2, -0.15) is 26.3 Å². The number of hydrogen-bond acceptors (Lipinski definition) is 8. The predicted octanol–water partition coefficient (Wildman–Crippen LogP) is 13.0. The van der Waals surface area contributed by atoms with Gasteiger partial charge in [0.05, 0.1) is 39.0 Å². The summed E-state index contributed by atoms with van der Waals surface area (Å²) in [5.74, 6) is 0. The standard InChI is InChI=1S/C11H9F6NO.C11H15NO.C9H10BrNO.C9H9Cl2NO/c1-6(18-19-2)8-4-3-7(10(12,13)14)5-9(8)11(15,16)17;1-8-5-6-11(9(2)7-8)10(3)12-13-4;1-7(11-12-2)8-4-3-5-9(10)6-8;1-6(12-13-2)8-4-3-7(10)5-9(8)11/h3-5H,1-2H3;5-7H,1-4H3;3-6H,1-2H3;3-5H,1-2H3. The van der Waals surface area contributed by atoms with E-state index >= 15 is 0 Å². The maximum Gasteiger partial charge on any atom is 0.417 e. The van der Waals surface area contributed by atoms with Gasteiger partial charge in [-0.1, -0.05) is 108 Å². The summed E-state index contributed by atoms with van der Waals surface area (Å²) in [5, 5.41) is 16.0. The number of nitrogens with zero attached hydrogens (tertiary/aromatic N) is 4. The number of rotatable bonds is 8. The number of hydrogen-bond donors (Lipinski definition) is 0. The average Bonchev–Trinajstić information content (AvgIpc) is 3.12. The van der Waals surface area contributed by atoms with Crippen molar-refractivity contribution in [2.24, 2.45) is 20.6 Å². The van der Waals surface area contributed by atoms with Crippen molar-refractivity contribution in [3.8, 4) is 0 Å². The molecule has 0 unspecified atom stereocenters. The fraction of sp³-hybridized carbons (Fsp3) is 0.300. The predicted molar refractivity (Wildman–Crippen MR) is 220 cm³/mol. The highest BCUT2D eigenvalue weighted by atomic mass is 79.9. The Balaban J connectivity index is 0.000000387. The second-order valence-corrected chi connectivity index (χ2v) is 13.4. The third-order valence-electron chi connectivity index (χ3n) is 7.29. The van der Waals surface area contributed by atoms with Gasteiger partial charge in [-0.3, -0.25) is 0 Å². The first kappa shape index (κ1) is 50.4. The molecule has 310 valence electrons. The van der Waals surface area contributed by atoms with Gasteiger partial charge >= 0.3 is 12.4 Å². The third kappa shape index (κ3) is 17.6. The van der Waals surface area contributed by atoms with Gasteiger partial charge in [-0.25, -0.2) is 0 Å². The Morgan fingerprint density at radius 1 is 0.561 bits per heavy atom. The van der Waals surface area contributed by atoms with Crippen molar-refractivity contribution in [2.45, 2.75) is 53.9 Å². The molecule has 0 heterocycles. The number of aryl methyl sites for hydroxylation is 2. The van der Waals surface area contributed by atoms with Gasteiger partial charge in [0.2, 0.25) is 0 Å². The number of oxime groups is 4. The lowest BCUT2D eigenvalue weighted by Gasteiger charge is -2.15. The van der Waals surface area contributed by atoms with Crippen molar-refractivity contribution in [1.82, 2.24) is 0 Å². The quantitative estimate of drug-likeness (QED) is 0.100. The number of alkyl halides is 6. The maximum absolute atomic E-state index is 12.8. The van der Waals surface area contributed by atoms with Crippen molar-refractivity contribution in [2.75, 3.05) is 28.4 Å². The van der Waals surface area contributed by atoms with Crippen LogP contribution in [-0.4, -0.2) is 51.3 Å². The molecule has 0 spiro atoms. The van der Waals surface area contributed by atoms with Crippen LogP contribution in [0.5, 0.6) is 0 Å². The second-order valence-electron chi connectivity index (χ2n) is 11.6. The van der Waals surface area contributed by atoms with E-state index in [0.29, 0.717) is 16.1 Å². The first-order valence-electron chi connectivity index (χ1n) is 16.5. The Morgan fingerprint density at radius 2 is 1.05 bits per heavy atom. The van der Waals surface area contributed by atoms with Crippen LogP contribution in [0.25, 0.3) is 0 Å². The van der Waals surface area contributed by atoms with Gasteiger partial charge in [0.1, 0.15) is 28.4 Å². The Labute approximate surface area is 347 Å². The number of halogens is 9. The molecule has 0 amide bonds. The molecule has 57 heavy (non-hydrogen) atoms. The van der Waals surface area contributed by atoms with Crippen molar-refractivity contribution >= 4 is 62.0 Å². The maximum atomic E-state index is 12.8. The van der Waals surface area contributed by atoms with E-state index in [2.05, 4.69) is 83.1 Å². The lowest BCUT2D eigenvalue weighted by molar-refractivity contribution is -0.143. The molecule has 4 aromatic carbocycles. The molecule has 17 heteroatoms. The lowest BCUT2D eigenvalue weighted by Crippen LogP contribution is -2.15. The Kier molecular flexibility index (Phi) is 21.4. The fourth-order valence-corrected chi connectivity index (χ4v) is 5.68. The van der Waals surface area contributed by atoms with Crippen LogP contribution < -0.4 is 0 Å². The number of benzene rings is 4. The minimum atomic E-state index is -4.92. The molecule has 0 aliphatic carbocycles. The monoisotopic (exact) mass is 906 g/mol. The summed E-state index contributed by atoms with van der Waals surface area (Å²) in [5.41, 5.74) is 4.67. The molecule has 0 aromatic heterocycles. The molecule has 4 rings (SSSR count). The topological polar surface area (TPSA) is 86.4 Å². The van der Waals surface area contributed by atoms with Crippen LogP contribution in [-0.2, 0) is 31.7 Å². The van der Waals surface area contributed by atoms with Crippen LogP contribution in [0.3, 0.4) is 0 Å². The molecule has 0 saturated heterocycles. The molecular weight excluding hydrogens is 865 g/mol. The molecule has 0 fully saturated rings. The van der Waals surface area contributed by atoms with Crippen molar-refractivity contribution in [3.05, 3.63) is 138 Å². The molecule has 0 radical (unpaired) electrons. The Hall–Kier alpha value is -4.60. The minimum absolute atomic E-state index is 0.0595. The molecule has 0 N–H and O–H groups in total. The summed E-state index contributed by atoms with van der Waals surface area (Å²) < 4.78 is 76.6. The van der Waals surface area contributed by atoms with Gasteiger partial charge in [0.15, 0.2) is 0 Å². The molecule has 0 atom stereocenters. The van der Waals surface area contributed by atoms with E-state index in [4.69, 9.17) is 28.0 Å². The van der Waals surface area contributed by atoms with Gasteiger partial charge in [0, 0.05) is 31.7 Å². The van der Waals surface area contributed by atoms with E-state index in [-0.39, 0.29) is 11.8 Å². The summed E-state index contributed by atoms with van der Waals surface area (Å²) in [6.45, 7) is 11.0. The molecule has 0 bridgehead atoms. The van der Waals surface area contributed by atoms with Gasteiger partial charge < -0.3 is 19.4 Å². The minimum Gasteiger partial charge on any atom is -0.399 e. The molecular formula is C40H43BrCl2F6N4O4. The molecule has 4 aromatic rings. The highest BCUT2D eigenvalue weighted by Crippen LogP contribution is 2.37. The molecule has 0 aliphatic heterocycles. The fourth-order valence-electron chi connectivity index (χ4n) is 4.73. The van der Waals surface area contributed by atoms with E-state index in [9.17, 15) is 26.3 Å². The van der Waals surface area contributed by atoms with Crippen LogP contribution in [0.4, 0.5) is 26.3 Å². The summed E-state index contributed by atoms with van der Waals surface area (Å²) in [4.78, 5) is 18.4. The van der Waals surface area contributed by atoms with Gasteiger partial charge in [0.25, 0.3) is 0 Å². The van der Waals surface area contributed by atoms with Crippen LogP contribution in [0, 0.1) is 13.8 Å². The van der Waals surface area contributed by atoms with E-state index in [1.54, 1.807) is 26.4 Å². The van der Waals surface area contributed by atoms with Gasteiger partial charge in [-0.05, 0) is 83.5 Å². The Bertz CT molecular complexity index is 1970. The first-order valence-corrected chi connectivity index (χ1v) is 18.0. The van der Waals surface area contributed by atoms with E-state index in [1.165, 1.54) is 25.2 Å². The summed E-state index contributed by atoms with van der Waals surface area (Å²) in [6.07, 6.45) is -9.76. The zero-order chi connectivity index (χ0) is 43.5. The average molecular weight is 909 g/mol. The zero-order valence-corrected chi connectivity index (χ0v) is 35.9. The van der Waals surface area contributed by atoms with Crippen molar-refractivity contribution < 1.29 is 45.7 Å². The van der Waals surface area contributed by atoms with Crippen LogP contribution in [0.15, 0.2) is 104 Å². The lowest BCUT2D eigenvalue weighted by atomic mass is 10.00. The first-order chi connectivity index (χ1) is 26.6. The van der Waals surface area contributed by atoms with Crippen LogP contribution >= 0.6 is 39.1 Å². The summed E-state index contributed by atoms with van der Waals surface area (Å²) in [7, 11) is 5.72. The molecule has 0 saturated carbocycles. The molecule has 8 nitrogen and oxygen atoms in total. The highest BCUT2D eigenvalue weighted by Gasteiger charge is 2.38. The summed E-state index contributed by atoms with van der Waals surface area (Å²) in [6, 6.07) is 20.8. The SMILES string of the molecule is CON=C(C)c1ccc(C(F)(F)F)cc1C(F)(F)F.CON=C(C)c1ccc(C)cc1C.CON=C(C)c1ccc(Cl)cc1Cl.CON=C(C)c1cccc(Br)c1. The largest absolute Gasteiger partial charge is 0.417 e. The van der Waals surface area contributed by atoms with Gasteiger partial charge in [-0.15, -0.1) is 0 Å². The Morgan fingerprint density at radius 3 is 1.53 bits per heavy atom. The van der Waals surface area contributed by atoms with Crippen molar-refractivity contribution in [1.29, 1.82) is 0 Å². The van der Waals surface area contributed by atoms with E-state index in [1.807, 2.05) is 51.1 Å². The zero-order valence-electron chi connectivity index (χ0n) is 32.8. The smallest absolute Gasteiger partial charge is 0.399 e. The molecule has 0 aliphatic rings. The van der Waals surface area contributed by atoms with E-state index in [0.717, 1.165) is 51.5 Å². The van der Waals surface area contributed by atoms with E-state index < -0.39 is 29.0 Å². The normalized spacial score (nSPS) is 12.2. The highest BCUT2D eigenvalue weighted by molar-refractivity contribution is 9.10. The summed E-state index contributed by atoms with van der Waals surface area (Å²) >= 11 is 15.1. The van der Waals surface area contributed by atoms with Crippen LogP contribution in [0.2, 0.25) is 10.0 Å². The third-order valence-corrected chi connectivity index (χ3v) is 8.33. The second kappa shape index (κ2) is 24.2. The van der Waals surface area contributed by atoms with Crippen molar-refractivity contribution in [3.63, 3.8) is 0 Å². The van der Waals surface area contributed by atoms with Crippen LogP contribution in [0.1, 0.15) is 72.2 Å².